The van der Waals surface area contributed by atoms with E-state index in [1.54, 1.807) is 6.07 Å². The summed E-state index contributed by atoms with van der Waals surface area (Å²) in [7, 11) is 0. The highest BCUT2D eigenvalue weighted by molar-refractivity contribution is 5.77. The van der Waals surface area contributed by atoms with Crippen molar-refractivity contribution in [1.29, 1.82) is 0 Å². The van der Waals surface area contributed by atoms with Gasteiger partial charge in [0.2, 0.25) is 0 Å². The lowest BCUT2D eigenvalue weighted by atomic mass is 10.2. The Bertz CT molecular complexity index is 477. The van der Waals surface area contributed by atoms with Crippen molar-refractivity contribution in [3.63, 3.8) is 0 Å². The number of nitrogens with two attached hydrogens (primary N) is 1. The number of carbonyl (C=O) groups is 1. The summed E-state index contributed by atoms with van der Waals surface area (Å²) in [5, 5.41) is 13.6. The first-order valence-electron chi connectivity index (χ1n) is 6.45. The van der Waals surface area contributed by atoms with Gasteiger partial charge in [-0.3, -0.25) is 14.9 Å². The maximum Gasteiger partial charge on any atom is 0.311 e. The quantitative estimate of drug-likeness (QED) is 0.425. The van der Waals surface area contributed by atoms with Crippen molar-refractivity contribution in [2.24, 2.45) is 5.73 Å². The summed E-state index contributed by atoms with van der Waals surface area (Å²) in [6.07, 6.45) is 1.87. The van der Waals surface area contributed by atoms with Crippen LogP contribution < -0.4 is 15.8 Å². The zero-order chi connectivity index (χ0) is 15.0. The van der Waals surface area contributed by atoms with E-state index < -0.39 is 4.92 Å². The van der Waals surface area contributed by atoms with Gasteiger partial charge in [0.05, 0.1) is 4.92 Å². The number of rotatable bonds is 8. The van der Waals surface area contributed by atoms with Crippen LogP contribution in [0.5, 0.6) is 5.75 Å². The van der Waals surface area contributed by atoms with Crippen LogP contribution in [0.25, 0.3) is 0 Å². The molecule has 0 atom stereocenters. The highest BCUT2D eigenvalue weighted by Gasteiger charge is 2.16. The zero-order valence-corrected chi connectivity index (χ0v) is 11.4. The molecule has 1 aromatic carbocycles. The lowest BCUT2D eigenvalue weighted by Gasteiger charge is -2.08. The number of nitro groups is 1. The minimum Gasteiger partial charge on any atom is -0.477 e. The zero-order valence-electron chi connectivity index (χ0n) is 11.4. The maximum atomic E-state index is 11.5. The van der Waals surface area contributed by atoms with Crippen LogP contribution in [0, 0.1) is 10.1 Å². The number of nitro benzene ring substituents is 1. The molecular formula is C13H19N3O4. The van der Waals surface area contributed by atoms with Crippen molar-refractivity contribution in [2.75, 3.05) is 13.2 Å². The molecule has 0 aliphatic rings. The third-order valence-electron chi connectivity index (χ3n) is 2.67. The van der Waals surface area contributed by atoms with E-state index in [1.807, 2.05) is 6.92 Å². The molecule has 0 radical (unpaired) electrons. The fourth-order valence-electron chi connectivity index (χ4n) is 1.55. The average molecular weight is 281 g/mol. The van der Waals surface area contributed by atoms with Crippen LogP contribution in [-0.4, -0.2) is 24.0 Å². The van der Waals surface area contributed by atoms with Gasteiger partial charge in [-0.2, -0.15) is 0 Å². The molecule has 0 saturated carbocycles. The summed E-state index contributed by atoms with van der Waals surface area (Å²) < 4.78 is 5.20. The molecule has 0 saturated heterocycles. The third-order valence-corrected chi connectivity index (χ3v) is 2.67. The average Bonchev–Trinajstić information content (AvgIpc) is 2.45. The summed E-state index contributed by atoms with van der Waals surface area (Å²) >= 11 is 0. The highest BCUT2D eigenvalue weighted by Crippen LogP contribution is 2.27. The number of unbranched alkanes of at least 4 members (excludes halogenated alkanes) is 1. The largest absolute Gasteiger partial charge is 0.477 e. The minimum absolute atomic E-state index is 0.0674. The first-order valence-corrected chi connectivity index (χ1v) is 6.45. The molecule has 0 aliphatic heterocycles. The lowest BCUT2D eigenvalue weighted by molar-refractivity contribution is -0.385. The number of carbonyl (C=O) groups excluding carboxylic acids is 1. The van der Waals surface area contributed by atoms with Crippen LogP contribution in [0.1, 0.15) is 25.3 Å². The molecule has 20 heavy (non-hydrogen) atoms. The van der Waals surface area contributed by atoms with Crippen LogP contribution in [0.4, 0.5) is 5.69 Å². The molecule has 1 aromatic rings. The Hall–Kier alpha value is -2.15. The predicted octanol–water partition coefficient (Wildman–Crippen LogP) is 1.35. The Labute approximate surface area is 117 Å². The molecule has 110 valence electrons. The van der Waals surface area contributed by atoms with Crippen LogP contribution in [0.3, 0.4) is 0 Å². The Balaban J connectivity index is 2.63. The van der Waals surface area contributed by atoms with E-state index in [1.165, 1.54) is 12.1 Å². The molecule has 1 rings (SSSR count). The van der Waals surface area contributed by atoms with E-state index >= 15 is 0 Å². The van der Waals surface area contributed by atoms with Crippen molar-refractivity contribution in [3.05, 3.63) is 33.9 Å². The number of ether oxygens (including phenoxy) is 1. The van der Waals surface area contributed by atoms with Gasteiger partial charge in [-0.05, 0) is 18.1 Å². The summed E-state index contributed by atoms with van der Waals surface area (Å²) in [5.74, 6) is -0.228. The SMILES string of the molecule is CCCCNC(=O)COc1ccc(CN)cc1[N+](=O)[O-]. The van der Waals surface area contributed by atoms with Crippen molar-refractivity contribution >= 4 is 11.6 Å². The van der Waals surface area contributed by atoms with Gasteiger partial charge in [0.15, 0.2) is 12.4 Å². The fraction of sp³-hybridized carbons (Fsp3) is 0.462. The topological polar surface area (TPSA) is 107 Å². The second kappa shape index (κ2) is 8.11. The van der Waals surface area contributed by atoms with E-state index in [4.69, 9.17) is 10.5 Å². The number of benzene rings is 1. The van der Waals surface area contributed by atoms with Gasteiger partial charge in [0.1, 0.15) is 0 Å². The standard InChI is InChI=1S/C13H19N3O4/c1-2-3-6-15-13(17)9-20-12-5-4-10(8-14)7-11(12)16(18)19/h4-5,7H,2-3,6,8-9,14H2,1H3,(H,15,17). The van der Waals surface area contributed by atoms with E-state index in [0.717, 1.165) is 12.8 Å². The summed E-state index contributed by atoms with van der Waals surface area (Å²) in [5.41, 5.74) is 5.88. The van der Waals surface area contributed by atoms with Crippen LogP contribution in [-0.2, 0) is 11.3 Å². The van der Waals surface area contributed by atoms with Crippen molar-refractivity contribution < 1.29 is 14.5 Å². The number of hydrogen-bond acceptors (Lipinski definition) is 5. The third kappa shape index (κ3) is 4.85. The van der Waals surface area contributed by atoms with E-state index in [9.17, 15) is 14.9 Å². The second-order valence-electron chi connectivity index (χ2n) is 4.26. The van der Waals surface area contributed by atoms with Crippen LogP contribution in [0.15, 0.2) is 18.2 Å². The van der Waals surface area contributed by atoms with Crippen molar-refractivity contribution in [3.8, 4) is 5.75 Å². The maximum absolute atomic E-state index is 11.5. The fourth-order valence-corrected chi connectivity index (χ4v) is 1.55. The van der Waals surface area contributed by atoms with Gasteiger partial charge in [-0.15, -0.1) is 0 Å². The molecule has 0 spiro atoms. The molecule has 0 heterocycles. The minimum atomic E-state index is -0.552. The summed E-state index contributed by atoms with van der Waals surface area (Å²) in [4.78, 5) is 21.8. The Morgan fingerprint density at radius 1 is 1.50 bits per heavy atom. The van der Waals surface area contributed by atoms with Gasteiger partial charge >= 0.3 is 5.69 Å². The van der Waals surface area contributed by atoms with E-state index in [-0.39, 0.29) is 30.5 Å². The highest BCUT2D eigenvalue weighted by atomic mass is 16.6. The first-order chi connectivity index (χ1) is 9.58. The van der Waals surface area contributed by atoms with Gasteiger partial charge in [0.25, 0.3) is 5.91 Å². The van der Waals surface area contributed by atoms with Gasteiger partial charge in [-0.25, -0.2) is 0 Å². The van der Waals surface area contributed by atoms with Gasteiger partial charge < -0.3 is 15.8 Å². The Morgan fingerprint density at radius 3 is 2.85 bits per heavy atom. The molecule has 3 N–H and O–H groups in total. The first kappa shape index (κ1) is 15.9. The van der Waals surface area contributed by atoms with Gasteiger partial charge in [-0.1, -0.05) is 19.4 Å². The lowest BCUT2D eigenvalue weighted by Crippen LogP contribution is -2.29. The van der Waals surface area contributed by atoms with Crippen LogP contribution >= 0.6 is 0 Å². The molecular weight excluding hydrogens is 262 g/mol. The molecule has 0 bridgehead atoms. The molecule has 1 amide bonds. The summed E-state index contributed by atoms with van der Waals surface area (Å²) in [6, 6.07) is 4.45. The molecule has 7 heteroatoms. The second-order valence-corrected chi connectivity index (χ2v) is 4.26. The Kier molecular flexibility index (Phi) is 6.45. The van der Waals surface area contributed by atoms with E-state index in [2.05, 4.69) is 5.32 Å². The van der Waals surface area contributed by atoms with Gasteiger partial charge in [0, 0.05) is 19.2 Å². The molecule has 7 nitrogen and oxygen atoms in total. The van der Waals surface area contributed by atoms with E-state index in [0.29, 0.717) is 12.1 Å². The number of nitrogens with zero attached hydrogens (tertiary/aromatic N) is 1. The Morgan fingerprint density at radius 2 is 2.25 bits per heavy atom. The van der Waals surface area contributed by atoms with Crippen molar-refractivity contribution in [2.45, 2.75) is 26.3 Å². The molecule has 0 aromatic heterocycles. The molecule has 0 aliphatic carbocycles. The number of amides is 1. The number of nitrogens with one attached hydrogen (secondary N) is 1. The smallest absolute Gasteiger partial charge is 0.311 e. The molecule has 0 unspecified atom stereocenters. The number of hydrogen-bond donors (Lipinski definition) is 2. The van der Waals surface area contributed by atoms with Crippen molar-refractivity contribution in [1.82, 2.24) is 5.32 Å². The van der Waals surface area contributed by atoms with Crippen LogP contribution in [0.2, 0.25) is 0 Å². The summed E-state index contributed by atoms with van der Waals surface area (Å²) in [6.45, 7) is 2.56. The monoisotopic (exact) mass is 281 g/mol. The molecule has 0 fully saturated rings. The predicted molar refractivity (Wildman–Crippen MR) is 74.4 cm³/mol. The normalized spacial score (nSPS) is 10.1.